The van der Waals surface area contributed by atoms with Crippen molar-refractivity contribution in [3.05, 3.63) is 46.7 Å². The molecule has 0 unspecified atom stereocenters. The topological polar surface area (TPSA) is 98.3 Å². The minimum absolute atomic E-state index is 0.156. The van der Waals surface area contributed by atoms with Crippen LogP contribution in [0.3, 0.4) is 0 Å². The lowest BCUT2D eigenvalue weighted by Crippen LogP contribution is -2.17. The standard InChI is InChI=1S/C19H19N5O3S/c1-11-7-12(2)21-18(20-11)24-19-23-14(10-28-19)9-17(25)22-13-3-4-15-16(8-13)27-6-5-26-15/h3-4,7-8,10H,5-6,9H2,1-2H3,(H,22,25)(H,20,21,23,24). The third-order valence-electron chi connectivity index (χ3n) is 3.92. The van der Waals surface area contributed by atoms with Crippen molar-refractivity contribution in [3.63, 3.8) is 0 Å². The van der Waals surface area contributed by atoms with Crippen LogP contribution in [0.15, 0.2) is 29.6 Å². The van der Waals surface area contributed by atoms with Crippen LogP contribution in [0.25, 0.3) is 0 Å². The van der Waals surface area contributed by atoms with E-state index < -0.39 is 0 Å². The zero-order valence-electron chi connectivity index (χ0n) is 15.5. The van der Waals surface area contributed by atoms with Crippen LogP contribution in [-0.4, -0.2) is 34.1 Å². The quantitative estimate of drug-likeness (QED) is 0.682. The second-order valence-electron chi connectivity index (χ2n) is 6.33. The number of hydrogen-bond acceptors (Lipinski definition) is 8. The van der Waals surface area contributed by atoms with Crippen LogP contribution in [0.4, 0.5) is 16.8 Å². The van der Waals surface area contributed by atoms with E-state index in [1.54, 1.807) is 18.2 Å². The number of carbonyl (C=O) groups excluding carboxylic acids is 1. The Labute approximate surface area is 166 Å². The van der Waals surface area contributed by atoms with Crippen molar-refractivity contribution in [3.8, 4) is 11.5 Å². The Morgan fingerprint density at radius 1 is 1.07 bits per heavy atom. The number of benzene rings is 1. The molecule has 0 saturated heterocycles. The molecule has 144 valence electrons. The van der Waals surface area contributed by atoms with Gasteiger partial charge in [-0.1, -0.05) is 0 Å². The molecule has 0 fully saturated rings. The van der Waals surface area contributed by atoms with Crippen molar-refractivity contribution in [1.82, 2.24) is 15.0 Å². The molecule has 1 amide bonds. The Bertz CT molecular complexity index is 1000. The first-order valence-corrected chi connectivity index (χ1v) is 9.66. The maximum absolute atomic E-state index is 12.3. The first kappa shape index (κ1) is 18.2. The number of nitrogens with zero attached hydrogens (tertiary/aromatic N) is 3. The summed E-state index contributed by atoms with van der Waals surface area (Å²) < 4.78 is 11.0. The minimum Gasteiger partial charge on any atom is -0.486 e. The lowest BCUT2D eigenvalue weighted by molar-refractivity contribution is -0.115. The van der Waals surface area contributed by atoms with Gasteiger partial charge in [0.05, 0.1) is 12.1 Å². The summed E-state index contributed by atoms with van der Waals surface area (Å²) >= 11 is 1.40. The monoisotopic (exact) mass is 397 g/mol. The van der Waals surface area contributed by atoms with E-state index in [1.807, 2.05) is 25.3 Å². The molecule has 0 atom stereocenters. The normalized spacial score (nSPS) is 12.5. The molecule has 0 spiro atoms. The van der Waals surface area contributed by atoms with E-state index in [1.165, 1.54) is 11.3 Å². The van der Waals surface area contributed by atoms with Gasteiger partial charge in [-0.15, -0.1) is 11.3 Å². The molecule has 0 saturated carbocycles. The van der Waals surface area contributed by atoms with Gasteiger partial charge in [-0.2, -0.15) is 0 Å². The van der Waals surface area contributed by atoms with Crippen molar-refractivity contribution in [1.29, 1.82) is 0 Å². The molecule has 4 rings (SSSR count). The Balaban J connectivity index is 1.37. The summed E-state index contributed by atoms with van der Waals surface area (Å²) in [5.74, 6) is 1.67. The zero-order chi connectivity index (χ0) is 19.5. The number of aryl methyl sites for hydroxylation is 2. The van der Waals surface area contributed by atoms with E-state index in [0.717, 1.165) is 11.4 Å². The fourth-order valence-electron chi connectivity index (χ4n) is 2.81. The lowest BCUT2D eigenvalue weighted by atomic mass is 10.2. The van der Waals surface area contributed by atoms with Gasteiger partial charge in [0, 0.05) is 28.5 Å². The summed E-state index contributed by atoms with van der Waals surface area (Å²) in [5, 5.41) is 8.43. The molecule has 1 aromatic carbocycles. The van der Waals surface area contributed by atoms with Crippen LogP contribution in [0, 0.1) is 13.8 Å². The summed E-state index contributed by atoms with van der Waals surface area (Å²) in [6.07, 6.45) is 0.167. The molecule has 8 nitrogen and oxygen atoms in total. The number of ether oxygens (including phenoxy) is 2. The van der Waals surface area contributed by atoms with Gasteiger partial charge in [0.1, 0.15) is 13.2 Å². The van der Waals surface area contributed by atoms with Crippen molar-refractivity contribution in [2.75, 3.05) is 23.8 Å². The zero-order valence-corrected chi connectivity index (χ0v) is 16.3. The van der Waals surface area contributed by atoms with Gasteiger partial charge in [0.15, 0.2) is 16.6 Å². The van der Waals surface area contributed by atoms with Gasteiger partial charge in [-0.05, 0) is 32.0 Å². The van der Waals surface area contributed by atoms with Gasteiger partial charge in [-0.3, -0.25) is 4.79 Å². The number of thiazole rings is 1. The Morgan fingerprint density at radius 3 is 2.61 bits per heavy atom. The largest absolute Gasteiger partial charge is 0.486 e. The smallest absolute Gasteiger partial charge is 0.230 e. The average Bonchev–Trinajstić information content (AvgIpc) is 3.07. The van der Waals surface area contributed by atoms with Gasteiger partial charge in [0.2, 0.25) is 11.9 Å². The molecular weight excluding hydrogens is 378 g/mol. The maximum atomic E-state index is 12.3. The molecule has 0 radical (unpaired) electrons. The summed E-state index contributed by atoms with van der Waals surface area (Å²) in [5.41, 5.74) is 3.09. The number of amides is 1. The molecule has 1 aliphatic heterocycles. The van der Waals surface area contributed by atoms with Crippen LogP contribution in [-0.2, 0) is 11.2 Å². The molecule has 0 aliphatic carbocycles. The van der Waals surface area contributed by atoms with Crippen molar-refractivity contribution in [2.24, 2.45) is 0 Å². The van der Waals surface area contributed by atoms with Crippen LogP contribution < -0.4 is 20.1 Å². The number of rotatable bonds is 5. The van der Waals surface area contributed by atoms with E-state index in [0.29, 0.717) is 47.2 Å². The van der Waals surface area contributed by atoms with Crippen LogP contribution in [0.5, 0.6) is 11.5 Å². The van der Waals surface area contributed by atoms with E-state index in [2.05, 4.69) is 25.6 Å². The average molecular weight is 397 g/mol. The van der Waals surface area contributed by atoms with E-state index >= 15 is 0 Å². The van der Waals surface area contributed by atoms with Crippen LogP contribution in [0.1, 0.15) is 17.1 Å². The number of nitrogens with one attached hydrogen (secondary N) is 2. The second kappa shape index (κ2) is 7.81. The van der Waals surface area contributed by atoms with Crippen molar-refractivity contribution in [2.45, 2.75) is 20.3 Å². The van der Waals surface area contributed by atoms with E-state index in [4.69, 9.17) is 9.47 Å². The first-order chi connectivity index (χ1) is 13.5. The highest BCUT2D eigenvalue weighted by atomic mass is 32.1. The van der Waals surface area contributed by atoms with Gasteiger partial charge >= 0.3 is 0 Å². The predicted octanol–water partition coefficient (Wildman–Crippen LogP) is 3.25. The molecule has 9 heteroatoms. The van der Waals surface area contributed by atoms with Crippen molar-refractivity contribution < 1.29 is 14.3 Å². The number of aromatic nitrogens is 3. The Hall–Kier alpha value is -3.20. The highest BCUT2D eigenvalue weighted by Crippen LogP contribution is 2.32. The number of fused-ring (bicyclic) bond motifs is 1. The highest BCUT2D eigenvalue weighted by Gasteiger charge is 2.14. The molecule has 3 aromatic rings. The third kappa shape index (κ3) is 4.37. The minimum atomic E-state index is -0.156. The Morgan fingerprint density at radius 2 is 1.82 bits per heavy atom. The molecular formula is C19H19N5O3S. The fraction of sp³-hybridized carbons (Fsp3) is 0.263. The molecule has 2 aromatic heterocycles. The molecule has 3 heterocycles. The highest BCUT2D eigenvalue weighted by molar-refractivity contribution is 7.13. The Kier molecular flexibility index (Phi) is 5.07. The third-order valence-corrected chi connectivity index (χ3v) is 4.73. The van der Waals surface area contributed by atoms with Gasteiger partial charge in [0.25, 0.3) is 0 Å². The summed E-state index contributed by atoms with van der Waals surface area (Å²) in [6, 6.07) is 7.24. The molecule has 0 bridgehead atoms. The van der Waals surface area contributed by atoms with Crippen molar-refractivity contribution >= 4 is 34.0 Å². The second-order valence-corrected chi connectivity index (χ2v) is 7.18. The molecule has 28 heavy (non-hydrogen) atoms. The summed E-state index contributed by atoms with van der Waals surface area (Å²) in [6.45, 7) is 4.86. The number of hydrogen-bond donors (Lipinski definition) is 2. The number of anilines is 3. The molecule has 2 N–H and O–H groups in total. The summed E-state index contributed by atoms with van der Waals surface area (Å²) in [7, 11) is 0. The number of carbonyl (C=O) groups is 1. The lowest BCUT2D eigenvalue weighted by Gasteiger charge is -2.18. The van der Waals surface area contributed by atoms with E-state index in [9.17, 15) is 4.79 Å². The summed E-state index contributed by atoms with van der Waals surface area (Å²) in [4.78, 5) is 25.4. The first-order valence-electron chi connectivity index (χ1n) is 8.78. The maximum Gasteiger partial charge on any atom is 0.230 e. The van der Waals surface area contributed by atoms with Gasteiger partial charge < -0.3 is 20.1 Å². The van der Waals surface area contributed by atoms with Gasteiger partial charge in [-0.25, -0.2) is 15.0 Å². The van der Waals surface area contributed by atoms with Crippen LogP contribution >= 0.6 is 11.3 Å². The SMILES string of the molecule is Cc1cc(C)nc(Nc2nc(CC(=O)Nc3ccc4c(c3)OCCO4)cs2)n1. The fourth-order valence-corrected chi connectivity index (χ4v) is 3.52. The van der Waals surface area contributed by atoms with E-state index in [-0.39, 0.29) is 12.3 Å². The predicted molar refractivity (Wildman–Crippen MR) is 107 cm³/mol. The van der Waals surface area contributed by atoms with Crippen LogP contribution in [0.2, 0.25) is 0 Å². The molecule has 1 aliphatic rings.